The highest BCUT2D eigenvalue weighted by molar-refractivity contribution is 8.14. The monoisotopic (exact) mass is 273 g/mol. The van der Waals surface area contributed by atoms with Gasteiger partial charge in [-0.05, 0) is 48.2 Å². The lowest BCUT2D eigenvalue weighted by atomic mass is 10.2. The zero-order chi connectivity index (χ0) is 13.7. The number of para-hydroxylation sites is 1. The van der Waals surface area contributed by atoms with E-state index in [2.05, 4.69) is 5.32 Å². The minimum atomic E-state index is 0.0233. The molecule has 19 heavy (non-hydrogen) atoms. The Morgan fingerprint density at radius 2 is 1.79 bits per heavy atom. The molecule has 0 aromatic heterocycles. The predicted molar refractivity (Wildman–Crippen MR) is 79.2 cm³/mol. The zero-order valence-corrected chi connectivity index (χ0v) is 11.7. The standard InChI is InChI=1S/C15H15NO2S/c1-16-14-6-4-3-5-13(14)15(17)19-12-9-7-11(18-2)8-10-12/h3-10,16H,1-2H3. The molecule has 0 spiro atoms. The summed E-state index contributed by atoms with van der Waals surface area (Å²) in [6, 6.07) is 14.9. The second-order valence-electron chi connectivity index (χ2n) is 3.86. The number of ether oxygens (including phenoxy) is 1. The first-order chi connectivity index (χ1) is 9.24. The van der Waals surface area contributed by atoms with Crippen molar-refractivity contribution in [3.8, 4) is 5.75 Å². The molecule has 0 saturated heterocycles. The molecule has 1 N–H and O–H groups in total. The van der Waals surface area contributed by atoms with Crippen molar-refractivity contribution < 1.29 is 9.53 Å². The van der Waals surface area contributed by atoms with E-state index in [4.69, 9.17) is 4.74 Å². The summed E-state index contributed by atoms with van der Waals surface area (Å²) in [5.41, 5.74) is 1.53. The predicted octanol–water partition coefficient (Wildman–Crippen LogP) is 3.67. The van der Waals surface area contributed by atoms with Gasteiger partial charge in [0.2, 0.25) is 5.12 Å². The summed E-state index contributed by atoms with van der Waals surface area (Å²) in [5.74, 6) is 0.785. The van der Waals surface area contributed by atoms with Crippen molar-refractivity contribution in [3.05, 3.63) is 54.1 Å². The van der Waals surface area contributed by atoms with Crippen molar-refractivity contribution in [2.24, 2.45) is 0 Å². The van der Waals surface area contributed by atoms with E-state index in [1.807, 2.05) is 55.6 Å². The molecule has 98 valence electrons. The van der Waals surface area contributed by atoms with Gasteiger partial charge in [0.05, 0.1) is 12.7 Å². The van der Waals surface area contributed by atoms with E-state index in [9.17, 15) is 4.79 Å². The number of benzene rings is 2. The molecule has 0 aliphatic heterocycles. The summed E-state index contributed by atoms with van der Waals surface area (Å²) in [6.45, 7) is 0. The Balaban J connectivity index is 2.16. The van der Waals surface area contributed by atoms with Crippen LogP contribution < -0.4 is 10.1 Å². The molecule has 0 saturated carbocycles. The second kappa shape index (κ2) is 6.29. The summed E-state index contributed by atoms with van der Waals surface area (Å²) >= 11 is 1.21. The molecule has 2 aromatic carbocycles. The van der Waals surface area contributed by atoms with E-state index in [1.54, 1.807) is 7.11 Å². The lowest BCUT2D eigenvalue weighted by molar-refractivity contribution is 0.108. The van der Waals surface area contributed by atoms with Gasteiger partial charge in [-0.1, -0.05) is 12.1 Å². The van der Waals surface area contributed by atoms with Gasteiger partial charge in [0.15, 0.2) is 0 Å². The van der Waals surface area contributed by atoms with E-state index in [0.717, 1.165) is 16.3 Å². The Bertz CT molecular complexity index is 567. The van der Waals surface area contributed by atoms with Crippen LogP contribution in [0.2, 0.25) is 0 Å². The first kappa shape index (κ1) is 13.5. The molecule has 0 bridgehead atoms. The van der Waals surface area contributed by atoms with Crippen molar-refractivity contribution in [1.82, 2.24) is 0 Å². The second-order valence-corrected chi connectivity index (χ2v) is 4.91. The third-order valence-electron chi connectivity index (χ3n) is 2.69. The van der Waals surface area contributed by atoms with Gasteiger partial charge in [0.1, 0.15) is 5.75 Å². The average molecular weight is 273 g/mol. The molecule has 0 aliphatic rings. The van der Waals surface area contributed by atoms with E-state index >= 15 is 0 Å². The largest absolute Gasteiger partial charge is 0.497 e. The van der Waals surface area contributed by atoms with Gasteiger partial charge in [-0.2, -0.15) is 0 Å². The minimum absolute atomic E-state index is 0.0233. The van der Waals surface area contributed by atoms with E-state index in [1.165, 1.54) is 11.8 Å². The summed E-state index contributed by atoms with van der Waals surface area (Å²) in [6.07, 6.45) is 0. The highest BCUT2D eigenvalue weighted by Crippen LogP contribution is 2.27. The zero-order valence-electron chi connectivity index (χ0n) is 10.8. The Morgan fingerprint density at radius 3 is 2.42 bits per heavy atom. The number of hydrogen-bond donors (Lipinski definition) is 1. The number of hydrogen-bond acceptors (Lipinski definition) is 4. The topological polar surface area (TPSA) is 38.3 Å². The molecule has 3 nitrogen and oxygen atoms in total. The van der Waals surface area contributed by atoms with Gasteiger partial charge in [0.25, 0.3) is 0 Å². The smallest absolute Gasteiger partial charge is 0.226 e. The van der Waals surface area contributed by atoms with E-state index in [0.29, 0.717) is 5.56 Å². The maximum atomic E-state index is 12.2. The quantitative estimate of drug-likeness (QED) is 0.863. The maximum Gasteiger partial charge on any atom is 0.226 e. The molecule has 0 atom stereocenters. The summed E-state index contributed by atoms with van der Waals surface area (Å²) in [7, 11) is 3.43. The molecule has 0 heterocycles. The highest BCUT2D eigenvalue weighted by Gasteiger charge is 2.11. The number of methoxy groups -OCH3 is 1. The molecule has 2 aromatic rings. The van der Waals surface area contributed by atoms with E-state index in [-0.39, 0.29) is 5.12 Å². The fraction of sp³-hybridized carbons (Fsp3) is 0.133. The average Bonchev–Trinajstić information content (AvgIpc) is 2.48. The van der Waals surface area contributed by atoms with Crippen LogP contribution in [0.1, 0.15) is 10.4 Å². The molecule has 4 heteroatoms. The van der Waals surface area contributed by atoms with Crippen LogP contribution >= 0.6 is 11.8 Å². The molecule has 0 unspecified atom stereocenters. The lowest BCUT2D eigenvalue weighted by Crippen LogP contribution is -2.00. The Labute approximate surface area is 117 Å². The number of carbonyl (C=O) groups is 1. The first-order valence-corrected chi connectivity index (χ1v) is 6.69. The van der Waals surface area contributed by atoms with Crippen LogP contribution in [0, 0.1) is 0 Å². The van der Waals surface area contributed by atoms with Crippen LogP contribution in [0.3, 0.4) is 0 Å². The fourth-order valence-corrected chi connectivity index (χ4v) is 2.46. The highest BCUT2D eigenvalue weighted by atomic mass is 32.2. The van der Waals surface area contributed by atoms with Crippen LogP contribution in [-0.4, -0.2) is 19.3 Å². The van der Waals surface area contributed by atoms with Gasteiger partial charge in [-0.3, -0.25) is 4.79 Å². The third-order valence-corrected chi connectivity index (χ3v) is 3.60. The maximum absolute atomic E-state index is 12.2. The van der Waals surface area contributed by atoms with Gasteiger partial charge in [-0.15, -0.1) is 0 Å². The summed E-state index contributed by atoms with van der Waals surface area (Å²) in [5, 5.41) is 3.05. The Morgan fingerprint density at radius 1 is 1.11 bits per heavy atom. The van der Waals surface area contributed by atoms with Crippen molar-refractivity contribution in [2.45, 2.75) is 4.90 Å². The normalized spacial score (nSPS) is 10.0. The Hall–Kier alpha value is -1.94. The molecule has 0 amide bonds. The van der Waals surface area contributed by atoms with Crippen molar-refractivity contribution in [3.63, 3.8) is 0 Å². The van der Waals surface area contributed by atoms with Crippen molar-refractivity contribution in [2.75, 3.05) is 19.5 Å². The van der Waals surface area contributed by atoms with Crippen LogP contribution in [0.15, 0.2) is 53.4 Å². The number of anilines is 1. The number of rotatable bonds is 4. The molecule has 0 aliphatic carbocycles. The lowest BCUT2D eigenvalue weighted by Gasteiger charge is -2.07. The Kier molecular flexibility index (Phi) is 4.47. The molecule has 0 radical (unpaired) electrons. The number of nitrogens with one attached hydrogen (secondary N) is 1. The van der Waals surface area contributed by atoms with Crippen LogP contribution in [0.5, 0.6) is 5.75 Å². The van der Waals surface area contributed by atoms with Gasteiger partial charge in [0, 0.05) is 17.6 Å². The number of thioether (sulfide) groups is 1. The summed E-state index contributed by atoms with van der Waals surface area (Å²) in [4.78, 5) is 13.1. The molecular weight excluding hydrogens is 258 g/mol. The SMILES string of the molecule is CNc1ccccc1C(=O)Sc1ccc(OC)cc1. The van der Waals surface area contributed by atoms with Crippen LogP contribution in [0.25, 0.3) is 0 Å². The number of carbonyl (C=O) groups excluding carboxylic acids is 1. The third kappa shape index (κ3) is 3.29. The van der Waals surface area contributed by atoms with Gasteiger partial charge >= 0.3 is 0 Å². The van der Waals surface area contributed by atoms with Crippen molar-refractivity contribution in [1.29, 1.82) is 0 Å². The minimum Gasteiger partial charge on any atom is -0.497 e. The molecular formula is C15H15NO2S. The first-order valence-electron chi connectivity index (χ1n) is 5.87. The van der Waals surface area contributed by atoms with Gasteiger partial charge < -0.3 is 10.1 Å². The van der Waals surface area contributed by atoms with Gasteiger partial charge in [-0.25, -0.2) is 0 Å². The van der Waals surface area contributed by atoms with E-state index < -0.39 is 0 Å². The summed E-state index contributed by atoms with van der Waals surface area (Å²) < 4.78 is 5.09. The fourth-order valence-electron chi connectivity index (χ4n) is 1.68. The molecule has 0 fully saturated rings. The van der Waals surface area contributed by atoms with Crippen molar-refractivity contribution >= 4 is 22.6 Å². The van der Waals surface area contributed by atoms with Crippen LogP contribution in [-0.2, 0) is 0 Å². The molecule has 2 rings (SSSR count). The van der Waals surface area contributed by atoms with Crippen LogP contribution in [0.4, 0.5) is 5.69 Å².